The van der Waals surface area contributed by atoms with Crippen LogP contribution in [0, 0.1) is 0 Å². The quantitative estimate of drug-likeness (QED) is 0.655. The van der Waals surface area contributed by atoms with Crippen LogP contribution in [0.2, 0.25) is 0 Å². The highest BCUT2D eigenvalue weighted by atomic mass is 16.5. The molecule has 1 aromatic carbocycles. The van der Waals surface area contributed by atoms with Crippen molar-refractivity contribution in [1.82, 2.24) is 9.97 Å². The summed E-state index contributed by atoms with van der Waals surface area (Å²) in [6.07, 6.45) is 2.43. The predicted molar refractivity (Wildman–Crippen MR) is 83.8 cm³/mol. The maximum absolute atomic E-state index is 11.9. The molecule has 0 amide bonds. The summed E-state index contributed by atoms with van der Waals surface area (Å²) >= 11 is 0. The number of H-pyrrole nitrogens is 1. The molecule has 3 rings (SSSR count). The van der Waals surface area contributed by atoms with Crippen LogP contribution in [-0.4, -0.2) is 23.1 Å². The molecule has 0 unspecified atom stereocenters. The molecule has 3 aromatic rings. The topological polar surface area (TPSA) is 80.2 Å². The minimum atomic E-state index is -0.137. The highest BCUT2D eigenvalue weighted by Crippen LogP contribution is 2.07. The van der Waals surface area contributed by atoms with Gasteiger partial charge in [0.2, 0.25) is 5.95 Å². The van der Waals surface area contributed by atoms with Gasteiger partial charge in [-0.2, -0.15) is 0 Å². The molecule has 0 saturated carbocycles. The molecule has 0 radical (unpaired) electrons. The summed E-state index contributed by atoms with van der Waals surface area (Å²) in [6, 6.07) is 11.0. The number of anilines is 1. The summed E-state index contributed by atoms with van der Waals surface area (Å²) in [5.74, 6) is 1.29. The lowest BCUT2D eigenvalue weighted by molar-refractivity contribution is 0.106. The second-order valence-electron chi connectivity index (χ2n) is 4.84. The van der Waals surface area contributed by atoms with Crippen molar-refractivity contribution in [1.29, 1.82) is 0 Å². The third-order valence-corrected chi connectivity index (χ3v) is 3.20. The van der Waals surface area contributed by atoms with Gasteiger partial charge in [-0.25, -0.2) is 4.98 Å². The fourth-order valence-electron chi connectivity index (χ4n) is 2.12. The highest BCUT2D eigenvalue weighted by Gasteiger charge is 2.02. The largest absolute Gasteiger partial charge is 0.467 e. The second-order valence-corrected chi connectivity index (χ2v) is 4.84. The smallest absolute Gasteiger partial charge is 0.260 e. The second kappa shape index (κ2) is 6.91. The highest BCUT2D eigenvalue weighted by molar-refractivity contribution is 5.78. The molecule has 0 atom stereocenters. The molecule has 6 heteroatoms. The number of furan rings is 1. The number of rotatable bonds is 7. The Morgan fingerprint density at radius 1 is 1.23 bits per heavy atom. The van der Waals surface area contributed by atoms with E-state index >= 15 is 0 Å². The van der Waals surface area contributed by atoms with E-state index in [0.717, 1.165) is 12.2 Å². The van der Waals surface area contributed by atoms with Gasteiger partial charge in [-0.15, -0.1) is 0 Å². The Labute approximate surface area is 127 Å². The molecule has 0 saturated heterocycles. The number of aromatic amines is 1. The van der Waals surface area contributed by atoms with Gasteiger partial charge in [-0.05, 0) is 30.7 Å². The molecule has 22 heavy (non-hydrogen) atoms. The van der Waals surface area contributed by atoms with E-state index in [2.05, 4.69) is 15.3 Å². The van der Waals surface area contributed by atoms with E-state index in [-0.39, 0.29) is 5.56 Å². The summed E-state index contributed by atoms with van der Waals surface area (Å²) in [6.45, 7) is 1.74. The van der Waals surface area contributed by atoms with Crippen LogP contribution in [0.1, 0.15) is 12.2 Å². The first-order chi connectivity index (χ1) is 10.8. The molecule has 114 valence electrons. The predicted octanol–water partition coefficient (Wildman–Crippen LogP) is 2.53. The molecular formula is C16H17N3O3. The molecule has 6 nitrogen and oxygen atoms in total. The lowest BCUT2D eigenvalue weighted by Gasteiger charge is -2.06. The van der Waals surface area contributed by atoms with Gasteiger partial charge < -0.3 is 14.5 Å². The van der Waals surface area contributed by atoms with Crippen molar-refractivity contribution in [2.24, 2.45) is 0 Å². The number of benzene rings is 1. The van der Waals surface area contributed by atoms with E-state index in [4.69, 9.17) is 9.15 Å². The van der Waals surface area contributed by atoms with Gasteiger partial charge in [0.15, 0.2) is 0 Å². The lowest BCUT2D eigenvalue weighted by atomic mass is 10.2. The number of para-hydroxylation sites is 1. The molecule has 2 aromatic heterocycles. The van der Waals surface area contributed by atoms with Crippen molar-refractivity contribution in [3.63, 3.8) is 0 Å². The van der Waals surface area contributed by atoms with Crippen LogP contribution in [-0.2, 0) is 11.3 Å². The van der Waals surface area contributed by atoms with Gasteiger partial charge in [-0.1, -0.05) is 12.1 Å². The van der Waals surface area contributed by atoms with Crippen LogP contribution in [0.5, 0.6) is 0 Å². The third-order valence-electron chi connectivity index (χ3n) is 3.20. The van der Waals surface area contributed by atoms with Crippen molar-refractivity contribution in [2.75, 3.05) is 18.5 Å². The number of fused-ring (bicyclic) bond motifs is 1. The maximum Gasteiger partial charge on any atom is 0.260 e. The van der Waals surface area contributed by atoms with Gasteiger partial charge in [0, 0.05) is 13.2 Å². The molecular weight excluding hydrogens is 282 g/mol. The molecule has 0 bridgehead atoms. The Balaban J connectivity index is 1.46. The monoisotopic (exact) mass is 299 g/mol. The van der Waals surface area contributed by atoms with Gasteiger partial charge in [0.05, 0.1) is 17.2 Å². The molecule has 2 N–H and O–H groups in total. The van der Waals surface area contributed by atoms with E-state index in [9.17, 15) is 4.79 Å². The number of nitrogens with one attached hydrogen (secondary N) is 2. The first-order valence-corrected chi connectivity index (χ1v) is 7.16. The first kappa shape index (κ1) is 14.3. The van der Waals surface area contributed by atoms with Crippen molar-refractivity contribution in [2.45, 2.75) is 13.0 Å². The van der Waals surface area contributed by atoms with Crippen LogP contribution in [0.25, 0.3) is 10.9 Å². The lowest BCUT2D eigenvalue weighted by Crippen LogP contribution is -2.14. The van der Waals surface area contributed by atoms with Crippen molar-refractivity contribution in [3.05, 3.63) is 58.8 Å². The first-order valence-electron chi connectivity index (χ1n) is 7.16. The van der Waals surface area contributed by atoms with E-state index in [1.807, 2.05) is 30.3 Å². The van der Waals surface area contributed by atoms with E-state index < -0.39 is 0 Å². The number of aromatic nitrogens is 2. The zero-order chi connectivity index (χ0) is 15.2. The molecule has 2 heterocycles. The zero-order valence-electron chi connectivity index (χ0n) is 12.0. The fourth-order valence-corrected chi connectivity index (χ4v) is 2.12. The van der Waals surface area contributed by atoms with Crippen molar-refractivity contribution >= 4 is 16.9 Å². The van der Waals surface area contributed by atoms with Crippen molar-refractivity contribution < 1.29 is 9.15 Å². The SMILES string of the molecule is O=c1[nH]c(NCCCOCc2ccco2)nc2ccccc12. The van der Waals surface area contributed by atoms with E-state index in [1.54, 1.807) is 12.3 Å². The molecule has 0 aliphatic carbocycles. The Hall–Kier alpha value is -2.60. The zero-order valence-corrected chi connectivity index (χ0v) is 12.0. The summed E-state index contributed by atoms with van der Waals surface area (Å²) in [4.78, 5) is 19.0. The Morgan fingerprint density at radius 2 is 2.14 bits per heavy atom. The minimum absolute atomic E-state index is 0.137. The van der Waals surface area contributed by atoms with Gasteiger partial charge in [0.25, 0.3) is 5.56 Å². The van der Waals surface area contributed by atoms with Crippen molar-refractivity contribution in [3.8, 4) is 0 Å². The molecule has 0 aliphatic heterocycles. The molecule has 0 aliphatic rings. The molecule has 0 fully saturated rings. The minimum Gasteiger partial charge on any atom is -0.467 e. The van der Waals surface area contributed by atoms with Crippen LogP contribution in [0.4, 0.5) is 5.95 Å². The Kier molecular flexibility index (Phi) is 4.50. The van der Waals surface area contributed by atoms with Crippen LogP contribution in [0.15, 0.2) is 51.9 Å². The van der Waals surface area contributed by atoms with Gasteiger partial charge >= 0.3 is 0 Å². The van der Waals surface area contributed by atoms with Crippen LogP contribution < -0.4 is 10.9 Å². The van der Waals surface area contributed by atoms with Crippen LogP contribution in [0.3, 0.4) is 0 Å². The average molecular weight is 299 g/mol. The van der Waals surface area contributed by atoms with E-state index in [0.29, 0.717) is 36.6 Å². The molecule has 0 spiro atoms. The normalized spacial score (nSPS) is 10.9. The number of nitrogens with zero attached hydrogens (tertiary/aromatic N) is 1. The summed E-state index contributed by atoms with van der Waals surface area (Å²) in [5.41, 5.74) is 0.546. The van der Waals surface area contributed by atoms with Crippen LogP contribution >= 0.6 is 0 Å². The van der Waals surface area contributed by atoms with Gasteiger partial charge in [0.1, 0.15) is 12.4 Å². The maximum atomic E-state index is 11.9. The Bertz CT molecular complexity index is 781. The number of ether oxygens (including phenoxy) is 1. The summed E-state index contributed by atoms with van der Waals surface area (Å²) in [7, 11) is 0. The van der Waals surface area contributed by atoms with Gasteiger partial charge in [-0.3, -0.25) is 9.78 Å². The standard InChI is InChI=1S/C16H17N3O3/c20-15-13-6-1-2-7-14(13)18-16(19-15)17-8-4-9-21-11-12-5-3-10-22-12/h1-3,5-7,10H,4,8-9,11H2,(H2,17,18,19,20). The summed E-state index contributed by atoms with van der Waals surface area (Å²) in [5, 5.41) is 3.69. The Morgan fingerprint density at radius 3 is 3.00 bits per heavy atom. The van der Waals surface area contributed by atoms with E-state index in [1.165, 1.54) is 0 Å². The fraction of sp³-hybridized carbons (Fsp3) is 0.250. The number of hydrogen-bond acceptors (Lipinski definition) is 5. The third kappa shape index (κ3) is 3.53. The number of hydrogen-bond donors (Lipinski definition) is 2. The average Bonchev–Trinajstić information content (AvgIpc) is 3.04. The summed E-state index contributed by atoms with van der Waals surface area (Å²) < 4.78 is 10.7.